The van der Waals surface area contributed by atoms with Crippen molar-refractivity contribution in [2.45, 2.75) is 6.61 Å². The average Bonchev–Trinajstić information content (AvgIpc) is 2.92. The van der Waals surface area contributed by atoms with Gasteiger partial charge in [-0.25, -0.2) is 0 Å². The van der Waals surface area contributed by atoms with Crippen LogP contribution in [0.15, 0.2) is 40.9 Å². The number of halogens is 1. The number of ether oxygens (including phenoxy) is 3. The summed E-state index contributed by atoms with van der Waals surface area (Å²) in [5.41, 5.74) is 7.42. The van der Waals surface area contributed by atoms with Gasteiger partial charge in [0, 0.05) is 4.47 Å². The van der Waals surface area contributed by atoms with Gasteiger partial charge < -0.3 is 19.9 Å². The maximum absolute atomic E-state index is 5.83. The Morgan fingerprint density at radius 1 is 1.24 bits per heavy atom. The van der Waals surface area contributed by atoms with Crippen LogP contribution >= 0.6 is 28.1 Å². The number of thiocarbonyl (C=S) groups is 1. The number of benzene rings is 2. The highest BCUT2D eigenvalue weighted by Gasteiger charge is 2.14. The molecule has 0 saturated heterocycles. The lowest BCUT2D eigenvalue weighted by atomic mass is 10.2. The first-order valence-corrected chi connectivity index (χ1v) is 7.45. The molecule has 2 aromatic rings. The van der Waals surface area contributed by atoms with E-state index >= 15 is 0 Å². The Morgan fingerprint density at radius 3 is 2.86 bits per heavy atom. The van der Waals surface area contributed by atoms with Gasteiger partial charge in [0.05, 0.1) is 5.56 Å². The second-order valence-electron chi connectivity index (χ2n) is 4.45. The van der Waals surface area contributed by atoms with Gasteiger partial charge >= 0.3 is 0 Å². The third kappa shape index (κ3) is 2.96. The fourth-order valence-electron chi connectivity index (χ4n) is 2.06. The molecule has 0 bridgehead atoms. The topological polar surface area (TPSA) is 53.7 Å². The monoisotopic (exact) mass is 365 g/mol. The van der Waals surface area contributed by atoms with Crippen LogP contribution in [-0.4, -0.2) is 11.8 Å². The number of hydrogen-bond acceptors (Lipinski definition) is 4. The molecule has 1 aliphatic rings. The molecule has 4 nitrogen and oxygen atoms in total. The van der Waals surface area contributed by atoms with Gasteiger partial charge in [0.2, 0.25) is 6.79 Å². The van der Waals surface area contributed by atoms with Gasteiger partial charge in [-0.15, -0.1) is 0 Å². The molecule has 108 valence electrons. The smallest absolute Gasteiger partial charge is 0.231 e. The molecule has 0 spiro atoms. The van der Waals surface area contributed by atoms with Crippen molar-refractivity contribution in [3.8, 4) is 17.2 Å². The molecular formula is C15H12BrNO3S. The van der Waals surface area contributed by atoms with Crippen LogP contribution in [0.4, 0.5) is 0 Å². The fraction of sp³-hybridized carbons (Fsp3) is 0.133. The molecule has 0 unspecified atom stereocenters. The number of rotatable bonds is 4. The lowest BCUT2D eigenvalue weighted by Crippen LogP contribution is -2.12. The predicted octanol–water partition coefficient (Wildman–Crippen LogP) is 3.39. The summed E-state index contributed by atoms with van der Waals surface area (Å²) in [4.78, 5) is 0.295. The molecule has 1 aliphatic heterocycles. The predicted molar refractivity (Wildman–Crippen MR) is 86.9 cm³/mol. The second-order valence-corrected chi connectivity index (χ2v) is 5.75. The first kappa shape index (κ1) is 14.2. The van der Waals surface area contributed by atoms with Gasteiger partial charge in [0.15, 0.2) is 11.5 Å². The largest absolute Gasteiger partial charge is 0.488 e. The first-order chi connectivity index (χ1) is 10.1. The molecule has 1 heterocycles. The molecule has 0 radical (unpaired) electrons. The van der Waals surface area contributed by atoms with Crippen LogP contribution in [0.2, 0.25) is 0 Å². The van der Waals surface area contributed by atoms with Gasteiger partial charge in [0.25, 0.3) is 0 Å². The van der Waals surface area contributed by atoms with Crippen molar-refractivity contribution in [1.82, 2.24) is 0 Å². The molecule has 2 aromatic carbocycles. The van der Waals surface area contributed by atoms with Crippen LogP contribution in [0.3, 0.4) is 0 Å². The molecule has 0 atom stereocenters. The van der Waals surface area contributed by atoms with Gasteiger partial charge in [-0.05, 0) is 45.8 Å². The molecule has 21 heavy (non-hydrogen) atoms. The van der Waals surface area contributed by atoms with Gasteiger partial charge in [0.1, 0.15) is 17.3 Å². The van der Waals surface area contributed by atoms with Crippen molar-refractivity contribution in [3.63, 3.8) is 0 Å². The highest BCUT2D eigenvalue weighted by atomic mass is 79.9. The minimum atomic E-state index is 0.261. The summed E-state index contributed by atoms with van der Waals surface area (Å²) in [6, 6.07) is 11.3. The molecule has 3 rings (SSSR count). The average molecular weight is 366 g/mol. The zero-order valence-electron chi connectivity index (χ0n) is 11.0. The van der Waals surface area contributed by atoms with Crippen molar-refractivity contribution in [1.29, 1.82) is 0 Å². The van der Waals surface area contributed by atoms with Gasteiger partial charge in [-0.2, -0.15) is 0 Å². The van der Waals surface area contributed by atoms with Crippen LogP contribution in [0.25, 0.3) is 0 Å². The summed E-state index contributed by atoms with van der Waals surface area (Å²) < 4.78 is 17.3. The summed E-state index contributed by atoms with van der Waals surface area (Å²) in [7, 11) is 0. The first-order valence-electron chi connectivity index (χ1n) is 6.25. The molecule has 0 amide bonds. The molecule has 0 aliphatic carbocycles. The van der Waals surface area contributed by atoms with E-state index in [2.05, 4.69) is 15.9 Å². The lowest BCUT2D eigenvalue weighted by Gasteiger charge is -2.12. The standard InChI is InChI=1S/C15H12BrNO3S/c16-10-2-1-3-12(14(10)15(17)21)18-7-9-4-5-11-13(6-9)20-8-19-11/h1-6H,7-8H2,(H2,17,21). The normalized spacial score (nSPS) is 12.2. The summed E-state index contributed by atoms with van der Waals surface area (Å²) in [5, 5.41) is 0. The van der Waals surface area contributed by atoms with Crippen molar-refractivity contribution in [2.75, 3.05) is 6.79 Å². The SMILES string of the molecule is NC(=S)c1c(Br)cccc1OCc1ccc2c(c1)OCO2. The highest BCUT2D eigenvalue weighted by Crippen LogP contribution is 2.33. The minimum absolute atomic E-state index is 0.261. The molecule has 2 N–H and O–H groups in total. The van der Waals surface area contributed by atoms with E-state index in [0.717, 1.165) is 21.5 Å². The van der Waals surface area contributed by atoms with Gasteiger partial charge in [-0.3, -0.25) is 0 Å². The van der Waals surface area contributed by atoms with Crippen LogP contribution in [0, 0.1) is 0 Å². The van der Waals surface area contributed by atoms with E-state index in [4.69, 9.17) is 32.2 Å². The van der Waals surface area contributed by atoms with E-state index < -0.39 is 0 Å². The summed E-state index contributed by atoms with van der Waals surface area (Å²) in [6.07, 6.45) is 0. The highest BCUT2D eigenvalue weighted by molar-refractivity contribution is 9.10. The van der Waals surface area contributed by atoms with Crippen LogP contribution in [-0.2, 0) is 6.61 Å². The molecule has 0 fully saturated rings. The summed E-state index contributed by atoms with van der Waals surface area (Å²) >= 11 is 8.49. The third-order valence-corrected chi connectivity index (χ3v) is 3.92. The van der Waals surface area contributed by atoms with E-state index in [1.165, 1.54) is 0 Å². The number of hydrogen-bond donors (Lipinski definition) is 1. The lowest BCUT2D eigenvalue weighted by molar-refractivity contribution is 0.174. The molecule has 0 saturated carbocycles. The maximum Gasteiger partial charge on any atom is 0.231 e. The van der Waals surface area contributed by atoms with Crippen molar-refractivity contribution < 1.29 is 14.2 Å². The van der Waals surface area contributed by atoms with E-state index in [-0.39, 0.29) is 6.79 Å². The Kier molecular flexibility index (Phi) is 3.98. The maximum atomic E-state index is 5.83. The van der Waals surface area contributed by atoms with E-state index in [1.54, 1.807) is 0 Å². The zero-order chi connectivity index (χ0) is 14.8. The summed E-state index contributed by atoms with van der Waals surface area (Å²) in [6.45, 7) is 0.652. The van der Waals surface area contributed by atoms with Crippen molar-refractivity contribution in [2.24, 2.45) is 5.73 Å². The Balaban J connectivity index is 1.79. The fourth-order valence-corrected chi connectivity index (χ4v) is 2.96. The second kappa shape index (κ2) is 5.91. The van der Waals surface area contributed by atoms with Crippen molar-refractivity contribution in [3.05, 3.63) is 52.0 Å². The Hall–Kier alpha value is -1.79. The summed E-state index contributed by atoms with van der Waals surface area (Å²) in [5.74, 6) is 2.14. The van der Waals surface area contributed by atoms with Crippen LogP contribution in [0.1, 0.15) is 11.1 Å². The molecule has 0 aromatic heterocycles. The number of fused-ring (bicyclic) bond motifs is 1. The minimum Gasteiger partial charge on any atom is -0.488 e. The molecular weight excluding hydrogens is 354 g/mol. The van der Waals surface area contributed by atoms with Crippen LogP contribution in [0.5, 0.6) is 17.2 Å². The van der Waals surface area contributed by atoms with E-state index in [9.17, 15) is 0 Å². The van der Waals surface area contributed by atoms with E-state index in [1.807, 2.05) is 36.4 Å². The van der Waals surface area contributed by atoms with E-state index in [0.29, 0.717) is 22.9 Å². The Labute approximate surface area is 135 Å². The van der Waals surface area contributed by atoms with Gasteiger partial charge in [-0.1, -0.05) is 24.4 Å². The van der Waals surface area contributed by atoms with Crippen molar-refractivity contribution >= 4 is 33.1 Å². The Morgan fingerprint density at radius 2 is 2.05 bits per heavy atom. The third-order valence-electron chi connectivity index (χ3n) is 3.05. The quantitative estimate of drug-likeness (QED) is 0.841. The number of nitrogens with two attached hydrogens (primary N) is 1. The molecule has 6 heteroatoms. The zero-order valence-corrected chi connectivity index (χ0v) is 13.4. The van der Waals surface area contributed by atoms with Crippen LogP contribution < -0.4 is 19.9 Å². The Bertz CT molecular complexity index is 705.